The van der Waals surface area contributed by atoms with E-state index in [1.807, 2.05) is 12.1 Å². The molecule has 30 heavy (non-hydrogen) atoms. The Balaban J connectivity index is 1.65. The Labute approximate surface area is 170 Å². The Bertz CT molecular complexity index is 1220. The van der Waals surface area contributed by atoms with Crippen LogP contribution in [0.15, 0.2) is 51.3 Å². The van der Waals surface area contributed by atoms with Gasteiger partial charge in [-0.05, 0) is 48.7 Å². The van der Waals surface area contributed by atoms with Crippen molar-refractivity contribution in [1.82, 2.24) is 4.57 Å². The third-order valence-electron chi connectivity index (χ3n) is 5.41. The molecule has 3 aliphatic rings. The van der Waals surface area contributed by atoms with E-state index in [2.05, 4.69) is 10.2 Å². The summed E-state index contributed by atoms with van der Waals surface area (Å²) in [5.74, 6) is -0.891. The van der Waals surface area contributed by atoms with Crippen LogP contribution in [-0.2, 0) is 0 Å². The molecule has 1 fully saturated rings. The van der Waals surface area contributed by atoms with Crippen LogP contribution >= 0.6 is 0 Å². The minimum absolute atomic E-state index is 0.0108. The number of aromatic carboxylic acids is 1. The van der Waals surface area contributed by atoms with Crippen molar-refractivity contribution in [2.75, 3.05) is 18.6 Å². The lowest BCUT2D eigenvalue weighted by molar-refractivity contribution is 0.0694. The first-order chi connectivity index (χ1) is 14.5. The molecular formula is C21H17FN4O4. The number of carboxylic acid groups (broad SMARTS) is 1. The minimum Gasteiger partial charge on any atom is -0.497 e. The maximum atomic E-state index is 14.8. The summed E-state index contributed by atoms with van der Waals surface area (Å²) >= 11 is 0. The zero-order chi connectivity index (χ0) is 21.0. The fourth-order valence-electron chi connectivity index (χ4n) is 3.74. The highest BCUT2D eigenvalue weighted by Crippen LogP contribution is 2.41. The molecule has 0 unspecified atom stereocenters. The summed E-state index contributed by atoms with van der Waals surface area (Å²) in [7, 11) is 1.58. The minimum atomic E-state index is -1.33. The molecule has 2 aliphatic heterocycles. The maximum Gasteiger partial charge on any atom is 0.341 e. The van der Waals surface area contributed by atoms with E-state index in [9.17, 15) is 19.1 Å². The summed E-state index contributed by atoms with van der Waals surface area (Å²) in [6, 6.07) is 7.31. The van der Waals surface area contributed by atoms with E-state index in [-0.39, 0.29) is 29.5 Å². The van der Waals surface area contributed by atoms with Crippen molar-refractivity contribution in [3.8, 4) is 5.75 Å². The normalized spacial score (nSPS) is 17.4. The number of ether oxygens (including phenoxy) is 1. The first-order valence-electron chi connectivity index (χ1n) is 9.44. The molecular weight excluding hydrogens is 391 g/mol. The fourth-order valence-corrected chi connectivity index (χ4v) is 3.74. The van der Waals surface area contributed by atoms with Crippen molar-refractivity contribution in [2.24, 2.45) is 10.2 Å². The number of fused-ring (bicyclic) bond motifs is 3. The Morgan fingerprint density at radius 2 is 1.97 bits per heavy atom. The number of methoxy groups -OCH3 is 1. The predicted molar refractivity (Wildman–Crippen MR) is 109 cm³/mol. The molecule has 9 heteroatoms. The van der Waals surface area contributed by atoms with E-state index >= 15 is 0 Å². The van der Waals surface area contributed by atoms with Crippen LogP contribution in [0, 0.1) is 0 Å². The lowest BCUT2D eigenvalue weighted by atomic mass is 10.0. The van der Waals surface area contributed by atoms with Crippen LogP contribution in [0.5, 0.6) is 5.75 Å². The highest BCUT2D eigenvalue weighted by atomic mass is 19.1. The molecule has 1 saturated carbocycles. The number of hydrogen-bond acceptors (Lipinski definition) is 6. The van der Waals surface area contributed by atoms with Gasteiger partial charge in [0.05, 0.1) is 24.9 Å². The van der Waals surface area contributed by atoms with Crippen molar-refractivity contribution in [1.29, 1.82) is 0 Å². The molecule has 1 N–H and O–H groups in total. The number of aromatic nitrogens is 1. The molecule has 0 radical (unpaired) electrons. The third-order valence-corrected chi connectivity index (χ3v) is 5.41. The summed E-state index contributed by atoms with van der Waals surface area (Å²) in [6.45, 7) is 0.192. The smallest absolute Gasteiger partial charge is 0.341 e. The second kappa shape index (κ2) is 6.65. The lowest BCUT2D eigenvalue weighted by Gasteiger charge is -2.34. The van der Waals surface area contributed by atoms with E-state index < -0.39 is 17.2 Å². The molecule has 0 atom stereocenters. The molecule has 1 aromatic heterocycles. The van der Waals surface area contributed by atoms with Gasteiger partial charge in [-0.3, -0.25) is 4.79 Å². The monoisotopic (exact) mass is 408 g/mol. The number of benzene rings is 1. The fraction of sp³-hybridized carbons (Fsp3) is 0.238. The standard InChI is InChI=1S/C21H17FN4O4/c1-30-13-6-2-11(3-7-13)17-10-26-19(24-23-17)16(22)8-14-18(27)15(21(28)29)9-25(20(14)26)12-4-5-12/h2-3,6-9,12H,4-5,10H2,1H3,(H,28,29). The second-order valence-electron chi connectivity index (χ2n) is 7.33. The van der Waals surface area contributed by atoms with Crippen LogP contribution in [-0.4, -0.2) is 40.8 Å². The van der Waals surface area contributed by atoms with Crippen LogP contribution in [0.25, 0.3) is 6.08 Å². The predicted octanol–water partition coefficient (Wildman–Crippen LogP) is 2.84. The topological polar surface area (TPSA) is 96.5 Å². The molecule has 152 valence electrons. The zero-order valence-corrected chi connectivity index (χ0v) is 16.0. The Hall–Kier alpha value is -3.75. The van der Waals surface area contributed by atoms with Crippen LogP contribution in [0.3, 0.4) is 0 Å². The SMILES string of the molecule is COc1ccc(C2=NN=C3C(F)=Cc4c(n(C5CC5)cc(C(=O)O)c4=O)N3C2)cc1. The lowest BCUT2D eigenvalue weighted by Crippen LogP contribution is -2.44. The summed E-state index contributed by atoms with van der Waals surface area (Å²) in [4.78, 5) is 25.9. The highest BCUT2D eigenvalue weighted by Gasteiger charge is 2.37. The molecule has 1 aliphatic carbocycles. The molecule has 1 aromatic carbocycles. The third kappa shape index (κ3) is 2.81. The van der Waals surface area contributed by atoms with Crippen molar-refractivity contribution in [3.05, 3.63) is 63.2 Å². The number of anilines is 1. The number of carbonyl (C=O) groups is 1. The largest absolute Gasteiger partial charge is 0.497 e. The van der Waals surface area contributed by atoms with Gasteiger partial charge in [-0.1, -0.05) is 0 Å². The first-order valence-corrected chi connectivity index (χ1v) is 9.44. The number of pyridine rings is 1. The first kappa shape index (κ1) is 18.3. The molecule has 3 heterocycles. The Kier molecular flexibility index (Phi) is 4.05. The van der Waals surface area contributed by atoms with Crippen molar-refractivity contribution >= 4 is 29.4 Å². The van der Waals surface area contributed by atoms with Crippen molar-refractivity contribution < 1.29 is 19.0 Å². The summed E-state index contributed by atoms with van der Waals surface area (Å²) in [6.07, 6.45) is 4.14. The Morgan fingerprint density at radius 1 is 1.23 bits per heavy atom. The summed E-state index contributed by atoms with van der Waals surface area (Å²) in [5.41, 5.74) is 0.328. The molecule has 5 rings (SSSR count). The number of carboxylic acids is 1. The highest BCUT2D eigenvalue weighted by molar-refractivity contribution is 6.20. The van der Waals surface area contributed by atoms with Crippen molar-refractivity contribution in [3.63, 3.8) is 0 Å². The van der Waals surface area contributed by atoms with Gasteiger partial charge in [0.2, 0.25) is 5.43 Å². The quantitative estimate of drug-likeness (QED) is 0.839. The summed E-state index contributed by atoms with van der Waals surface area (Å²) < 4.78 is 21.7. The number of hydrogen-bond donors (Lipinski definition) is 1. The summed E-state index contributed by atoms with van der Waals surface area (Å²) in [5, 5.41) is 17.7. The van der Waals surface area contributed by atoms with Crippen LogP contribution in [0.2, 0.25) is 0 Å². The molecule has 8 nitrogen and oxygen atoms in total. The number of rotatable bonds is 4. The van der Waals surface area contributed by atoms with Crippen LogP contribution < -0.4 is 15.1 Å². The Morgan fingerprint density at radius 3 is 2.60 bits per heavy atom. The maximum absolute atomic E-state index is 14.8. The average Bonchev–Trinajstić information content (AvgIpc) is 3.59. The average molecular weight is 408 g/mol. The van der Waals surface area contributed by atoms with Gasteiger partial charge in [-0.25, -0.2) is 9.18 Å². The van der Waals surface area contributed by atoms with Gasteiger partial charge >= 0.3 is 5.97 Å². The number of amidine groups is 1. The van der Waals surface area contributed by atoms with Gasteiger partial charge in [0, 0.05) is 12.2 Å². The number of halogens is 1. The van der Waals surface area contributed by atoms with Crippen LogP contribution in [0.4, 0.5) is 10.2 Å². The molecule has 0 spiro atoms. The second-order valence-corrected chi connectivity index (χ2v) is 7.33. The van der Waals surface area contributed by atoms with Crippen molar-refractivity contribution in [2.45, 2.75) is 18.9 Å². The van der Waals surface area contributed by atoms with E-state index in [1.165, 1.54) is 6.20 Å². The van der Waals surface area contributed by atoms with Gasteiger partial charge in [0.1, 0.15) is 17.1 Å². The van der Waals surface area contributed by atoms with E-state index in [0.29, 0.717) is 17.3 Å². The van der Waals surface area contributed by atoms with Gasteiger partial charge in [0.15, 0.2) is 11.7 Å². The molecule has 2 aromatic rings. The molecule has 0 saturated heterocycles. The van der Waals surface area contributed by atoms with E-state index in [1.54, 1.807) is 28.7 Å². The zero-order valence-electron chi connectivity index (χ0n) is 16.0. The van der Waals surface area contributed by atoms with E-state index in [0.717, 1.165) is 24.5 Å². The van der Waals surface area contributed by atoms with Gasteiger partial charge in [0.25, 0.3) is 0 Å². The molecule has 0 amide bonds. The van der Waals surface area contributed by atoms with Gasteiger partial charge < -0.3 is 19.3 Å². The number of nitrogens with zero attached hydrogens (tertiary/aromatic N) is 4. The van der Waals surface area contributed by atoms with Gasteiger partial charge in [-0.15, -0.1) is 5.10 Å². The van der Waals surface area contributed by atoms with E-state index in [4.69, 9.17) is 4.74 Å². The molecule has 0 bridgehead atoms. The van der Waals surface area contributed by atoms with Gasteiger partial charge in [-0.2, -0.15) is 5.10 Å². The van der Waals surface area contributed by atoms with Crippen LogP contribution in [0.1, 0.15) is 40.4 Å².